The largest absolute Gasteiger partial charge is 0.364 e. The maximum absolute atomic E-state index is 12.0. The van der Waals surface area contributed by atoms with Crippen LogP contribution in [-0.4, -0.2) is 29.1 Å². The molecule has 0 aliphatic carbocycles. The highest BCUT2D eigenvalue weighted by Crippen LogP contribution is 2.18. The second-order valence-electron chi connectivity index (χ2n) is 4.29. The van der Waals surface area contributed by atoms with Crippen LogP contribution < -0.4 is 0 Å². The zero-order valence-electron chi connectivity index (χ0n) is 9.19. The molecule has 1 aromatic rings. The van der Waals surface area contributed by atoms with E-state index in [2.05, 4.69) is 12.1 Å². The van der Waals surface area contributed by atoms with Gasteiger partial charge in [0, 0.05) is 13.1 Å². The first-order chi connectivity index (χ1) is 7.18. The highest BCUT2D eigenvalue weighted by Gasteiger charge is 2.23. The lowest BCUT2D eigenvalue weighted by Gasteiger charge is -2.29. The van der Waals surface area contributed by atoms with Crippen LogP contribution in [0.1, 0.15) is 35.8 Å². The zero-order valence-corrected chi connectivity index (χ0v) is 9.19. The maximum atomic E-state index is 12.0. The first-order valence-corrected chi connectivity index (χ1v) is 5.38. The molecule has 82 valence electrons. The molecule has 0 spiro atoms. The highest BCUT2D eigenvalue weighted by atomic mass is 16.5. The summed E-state index contributed by atoms with van der Waals surface area (Å²) in [5.74, 6) is 0.790. The molecule has 1 amide bonds. The zero-order chi connectivity index (χ0) is 10.8. The molecule has 1 fully saturated rings. The Bertz CT molecular complexity index is 351. The van der Waals surface area contributed by atoms with Gasteiger partial charge in [0.25, 0.3) is 5.91 Å². The first-order valence-electron chi connectivity index (χ1n) is 5.38. The molecule has 0 bridgehead atoms. The predicted octanol–water partition coefficient (Wildman–Crippen LogP) is 1.86. The van der Waals surface area contributed by atoms with E-state index in [0.717, 1.165) is 31.8 Å². The van der Waals surface area contributed by atoms with Crippen molar-refractivity contribution in [2.45, 2.75) is 26.7 Å². The van der Waals surface area contributed by atoms with Gasteiger partial charge in [0.1, 0.15) is 11.8 Å². The van der Waals surface area contributed by atoms with Gasteiger partial charge in [0.2, 0.25) is 0 Å². The van der Waals surface area contributed by atoms with Gasteiger partial charge in [0.05, 0.1) is 5.69 Å². The van der Waals surface area contributed by atoms with Crippen LogP contribution in [-0.2, 0) is 0 Å². The van der Waals surface area contributed by atoms with E-state index in [1.165, 1.54) is 6.26 Å². The number of likely N-dealkylation sites (tertiary alicyclic amines) is 1. The lowest BCUT2D eigenvalue weighted by Crippen LogP contribution is -2.38. The van der Waals surface area contributed by atoms with Crippen LogP contribution >= 0.6 is 0 Å². The number of rotatable bonds is 1. The second kappa shape index (κ2) is 4.04. The van der Waals surface area contributed by atoms with Gasteiger partial charge >= 0.3 is 0 Å². The second-order valence-corrected chi connectivity index (χ2v) is 4.29. The Morgan fingerprint density at radius 3 is 2.73 bits per heavy atom. The molecule has 0 N–H and O–H groups in total. The van der Waals surface area contributed by atoms with E-state index >= 15 is 0 Å². The minimum absolute atomic E-state index is 0.0562. The van der Waals surface area contributed by atoms with Crippen molar-refractivity contribution in [2.24, 2.45) is 5.92 Å². The van der Waals surface area contributed by atoms with E-state index in [0.29, 0.717) is 11.3 Å². The molecule has 0 saturated carbocycles. The van der Waals surface area contributed by atoms with Crippen molar-refractivity contribution in [3.8, 4) is 0 Å². The van der Waals surface area contributed by atoms with Crippen LogP contribution in [0.3, 0.4) is 0 Å². The number of amides is 1. The Kier molecular flexibility index (Phi) is 2.75. The molecule has 2 heterocycles. The summed E-state index contributed by atoms with van der Waals surface area (Å²) in [5.41, 5.74) is 1.28. The van der Waals surface area contributed by atoms with Crippen molar-refractivity contribution >= 4 is 5.91 Å². The van der Waals surface area contributed by atoms with Crippen molar-refractivity contribution in [3.05, 3.63) is 17.5 Å². The Morgan fingerprint density at radius 1 is 1.53 bits per heavy atom. The molecule has 15 heavy (non-hydrogen) atoms. The number of nitrogens with zero attached hydrogens (tertiary/aromatic N) is 2. The minimum Gasteiger partial charge on any atom is -0.364 e. The van der Waals surface area contributed by atoms with E-state index in [1.807, 2.05) is 4.90 Å². The van der Waals surface area contributed by atoms with E-state index < -0.39 is 0 Å². The van der Waals surface area contributed by atoms with Gasteiger partial charge in [-0.25, -0.2) is 0 Å². The number of aryl methyl sites for hydroxylation is 1. The van der Waals surface area contributed by atoms with E-state index in [4.69, 9.17) is 4.52 Å². The Labute approximate surface area is 89.2 Å². The minimum atomic E-state index is 0.0562. The molecule has 0 aromatic carbocycles. The summed E-state index contributed by atoms with van der Waals surface area (Å²) < 4.78 is 4.78. The molecule has 0 atom stereocenters. The molecule has 0 unspecified atom stereocenters. The summed E-state index contributed by atoms with van der Waals surface area (Å²) in [6.07, 6.45) is 3.63. The van der Waals surface area contributed by atoms with Crippen molar-refractivity contribution in [1.29, 1.82) is 0 Å². The quantitative estimate of drug-likeness (QED) is 0.707. The summed E-state index contributed by atoms with van der Waals surface area (Å²) >= 11 is 0. The maximum Gasteiger partial charge on any atom is 0.259 e. The van der Waals surface area contributed by atoms with Crippen molar-refractivity contribution < 1.29 is 9.32 Å². The molecule has 2 rings (SSSR count). The molecule has 1 aliphatic rings. The summed E-state index contributed by atoms with van der Waals surface area (Å²) in [6, 6.07) is 0. The third-order valence-corrected chi connectivity index (χ3v) is 3.05. The third kappa shape index (κ3) is 2.03. The van der Waals surface area contributed by atoms with E-state index in [1.54, 1.807) is 6.92 Å². The van der Waals surface area contributed by atoms with Crippen LogP contribution in [0.4, 0.5) is 0 Å². The number of aromatic nitrogens is 1. The SMILES string of the molecule is Cc1nocc1C(=O)N1CCC(C)CC1. The van der Waals surface area contributed by atoms with Crippen LogP contribution in [0, 0.1) is 12.8 Å². The smallest absolute Gasteiger partial charge is 0.259 e. The molecular formula is C11H16N2O2. The molecule has 1 aliphatic heterocycles. The summed E-state index contributed by atoms with van der Waals surface area (Å²) in [7, 11) is 0. The van der Waals surface area contributed by atoms with Gasteiger partial charge in [-0.15, -0.1) is 0 Å². The topological polar surface area (TPSA) is 46.3 Å². The van der Waals surface area contributed by atoms with Gasteiger partial charge in [-0.3, -0.25) is 4.79 Å². The van der Waals surface area contributed by atoms with Gasteiger partial charge in [-0.1, -0.05) is 12.1 Å². The Hall–Kier alpha value is -1.32. The Balaban J connectivity index is 2.06. The summed E-state index contributed by atoms with van der Waals surface area (Å²) in [4.78, 5) is 13.9. The number of carbonyl (C=O) groups excluding carboxylic acids is 1. The average molecular weight is 208 g/mol. The fourth-order valence-corrected chi connectivity index (χ4v) is 1.88. The summed E-state index contributed by atoms with van der Waals surface area (Å²) in [6.45, 7) is 5.73. The monoisotopic (exact) mass is 208 g/mol. The highest BCUT2D eigenvalue weighted by molar-refractivity contribution is 5.94. The molecule has 4 heteroatoms. The van der Waals surface area contributed by atoms with Crippen LogP contribution in [0.2, 0.25) is 0 Å². The van der Waals surface area contributed by atoms with Crippen molar-refractivity contribution in [1.82, 2.24) is 10.1 Å². The van der Waals surface area contributed by atoms with Gasteiger partial charge < -0.3 is 9.42 Å². The fourth-order valence-electron chi connectivity index (χ4n) is 1.88. The summed E-state index contributed by atoms with van der Waals surface area (Å²) in [5, 5.41) is 3.72. The van der Waals surface area contributed by atoms with Crippen molar-refractivity contribution in [2.75, 3.05) is 13.1 Å². The molecule has 1 aromatic heterocycles. The predicted molar refractivity (Wildman–Crippen MR) is 55.5 cm³/mol. The third-order valence-electron chi connectivity index (χ3n) is 3.05. The molecule has 1 saturated heterocycles. The van der Waals surface area contributed by atoms with E-state index in [-0.39, 0.29) is 5.91 Å². The van der Waals surface area contributed by atoms with Crippen LogP contribution in [0.15, 0.2) is 10.8 Å². The lowest BCUT2D eigenvalue weighted by atomic mass is 9.99. The van der Waals surface area contributed by atoms with Gasteiger partial charge in [0.15, 0.2) is 0 Å². The van der Waals surface area contributed by atoms with Crippen LogP contribution in [0.5, 0.6) is 0 Å². The Morgan fingerprint density at radius 2 is 2.20 bits per heavy atom. The molecule has 0 radical (unpaired) electrons. The molecule has 4 nitrogen and oxygen atoms in total. The van der Waals surface area contributed by atoms with Crippen molar-refractivity contribution in [3.63, 3.8) is 0 Å². The molecular weight excluding hydrogens is 192 g/mol. The van der Waals surface area contributed by atoms with Gasteiger partial charge in [-0.05, 0) is 25.7 Å². The number of piperidine rings is 1. The number of hydrogen-bond donors (Lipinski definition) is 0. The van der Waals surface area contributed by atoms with Crippen LogP contribution in [0.25, 0.3) is 0 Å². The lowest BCUT2D eigenvalue weighted by molar-refractivity contribution is 0.0696. The number of carbonyl (C=O) groups is 1. The standard InChI is InChI=1S/C11H16N2O2/c1-8-3-5-13(6-4-8)11(14)10-7-15-12-9(10)2/h7-8H,3-6H2,1-2H3. The van der Waals surface area contributed by atoms with Gasteiger partial charge in [-0.2, -0.15) is 0 Å². The normalized spacial score (nSPS) is 18.1. The fraction of sp³-hybridized carbons (Fsp3) is 0.636. The number of hydrogen-bond acceptors (Lipinski definition) is 3. The average Bonchev–Trinajstić information content (AvgIpc) is 2.65. The first kappa shape index (κ1) is 10.2. The van der Waals surface area contributed by atoms with E-state index in [9.17, 15) is 4.79 Å².